The first-order valence-electron chi connectivity index (χ1n) is 8.48. The van der Waals surface area contributed by atoms with Crippen molar-refractivity contribution in [3.63, 3.8) is 0 Å². The van der Waals surface area contributed by atoms with Crippen molar-refractivity contribution in [1.29, 1.82) is 0 Å². The average molecular weight is 340 g/mol. The van der Waals surface area contributed by atoms with Gasteiger partial charge in [0.15, 0.2) is 0 Å². The van der Waals surface area contributed by atoms with Crippen LogP contribution in [0, 0.1) is 23.0 Å². The molecule has 5 nitrogen and oxygen atoms in total. The Balaban J connectivity index is 2.22. The number of benzene rings is 2. The van der Waals surface area contributed by atoms with Gasteiger partial charge >= 0.3 is 0 Å². The number of carbonyl (C=O) groups is 1. The summed E-state index contributed by atoms with van der Waals surface area (Å²) in [6, 6.07) is 12.6. The molecule has 2 aromatic carbocycles. The molecule has 132 valence electrons. The number of aryl methyl sites for hydroxylation is 2. The van der Waals surface area contributed by atoms with Crippen molar-refractivity contribution < 1.29 is 9.72 Å². The normalized spacial score (nSPS) is 12.0. The van der Waals surface area contributed by atoms with Crippen molar-refractivity contribution in [3.05, 3.63) is 74.8 Å². The van der Waals surface area contributed by atoms with Gasteiger partial charge in [-0.2, -0.15) is 0 Å². The minimum absolute atomic E-state index is 0.0205. The summed E-state index contributed by atoms with van der Waals surface area (Å²) in [5.74, 6) is -0.00756. The second-order valence-electron chi connectivity index (χ2n) is 6.55. The Kier molecular flexibility index (Phi) is 5.91. The molecule has 25 heavy (non-hydrogen) atoms. The van der Waals surface area contributed by atoms with Crippen LogP contribution in [0.2, 0.25) is 0 Å². The fourth-order valence-electron chi connectivity index (χ4n) is 2.82. The minimum Gasteiger partial charge on any atom is -0.345 e. The quantitative estimate of drug-likeness (QED) is 0.617. The van der Waals surface area contributed by atoms with Crippen LogP contribution in [-0.4, -0.2) is 10.8 Å². The predicted octanol–water partition coefficient (Wildman–Crippen LogP) is 4.59. The minimum atomic E-state index is -0.441. The number of hydrogen-bond donors (Lipinski definition) is 1. The third-order valence-electron chi connectivity index (χ3n) is 4.36. The highest BCUT2D eigenvalue weighted by atomic mass is 16.6. The number of nitrogens with one attached hydrogen (secondary N) is 1. The van der Waals surface area contributed by atoms with Gasteiger partial charge in [-0.3, -0.25) is 14.9 Å². The molecule has 0 unspecified atom stereocenters. The van der Waals surface area contributed by atoms with E-state index < -0.39 is 4.92 Å². The summed E-state index contributed by atoms with van der Waals surface area (Å²) in [6.45, 7) is 7.85. The van der Waals surface area contributed by atoms with E-state index in [0.29, 0.717) is 11.1 Å². The number of rotatable bonds is 6. The van der Waals surface area contributed by atoms with Crippen LogP contribution in [0.15, 0.2) is 42.5 Å². The fraction of sp³-hybridized carbons (Fsp3) is 0.350. The Morgan fingerprint density at radius 1 is 1.16 bits per heavy atom. The van der Waals surface area contributed by atoms with Gasteiger partial charge in [-0.15, -0.1) is 0 Å². The molecule has 0 fully saturated rings. The highest BCUT2D eigenvalue weighted by Crippen LogP contribution is 2.24. The van der Waals surface area contributed by atoms with Crippen molar-refractivity contribution in [2.75, 3.05) is 0 Å². The molecule has 1 atom stereocenters. The van der Waals surface area contributed by atoms with Crippen LogP contribution in [0.25, 0.3) is 0 Å². The number of carbonyl (C=O) groups excluding carboxylic acids is 1. The van der Waals surface area contributed by atoms with Crippen LogP contribution >= 0.6 is 0 Å². The molecule has 0 heterocycles. The summed E-state index contributed by atoms with van der Waals surface area (Å²) in [4.78, 5) is 23.1. The number of nitro benzene ring substituents is 1. The van der Waals surface area contributed by atoms with Crippen LogP contribution in [0.3, 0.4) is 0 Å². The van der Waals surface area contributed by atoms with E-state index in [1.165, 1.54) is 17.7 Å². The van der Waals surface area contributed by atoms with Crippen molar-refractivity contribution in [2.45, 2.75) is 40.2 Å². The lowest BCUT2D eigenvalue weighted by Crippen LogP contribution is -2.31. The Hall–Kier alpha value is -2.69. The van der Waals surface area contributed by atoms with E-state index in [-0.39, 0.29) is 23.6 Å². The van der Waals surface area contributed by atoms with E-state index in [1.807, 2.05) is 12.1 Å². The van der Waals surface area contributed by atoms with Gasteiger partial charge in [0.2, 0.25) is 0 Å². The van der Waals surface area contributed by atoms with E-state index in [2.05, 4.69) is 38.2 Å². The van der Waals surface area contributed by atoms with Crippen LogP contribution in [0.4, 0.5) is 5.69 Å². The number of nitrogens with zero attached hydrogens (tertiary/aromatic N) is 1. The molecular weight excluding hydrogens is 316 g/mol. The number of amides is 1. The Bertz CT molecular complexity index is 767. The first-order valence-corrected chi connectivity index (χ1v) is 8.48. The maximum Gasteiger partial charge on any atom is 0.272 e. The lowest BCUT2D eigenvalue weighted by atomic mass is 9.94. The summed E-state index contributed by atoms with van der Waals surface area (Å²) in [7, 11) is 0. The van der Waals surface area contributed by atoms with Gasteiger partial charge in [0.1, 0.15) is 0 Å². The molecule has 1 N–H and O–H groups in total. The third-order valence-corrected chi connectivity index (χ3v) is 4.36. The number of hydrogen-bond acceptors (Lipinski definition) is 3. The van der Waals surface area contributed by atoms with Gasteiger partial charge in [0, 0.05) is 17.2 Å². The van der Waals surface area contributed by atoms with E-state index >= 15 is 0 Å². The lowest BCUT2D eigenvalue weighted by molar-refractivity contribution is -0.385. The zero-order valence-electron chi connectivity index (χ0n) is 15.1. The molecule has 2 aromatic rings. The van der Waals surface area contributed by atoms with Crippen LogP contribution in [0.5, 0.6) is 0 Å². The van der Waals surface area contributed by atoms with E-state index in [4.69, 9.17) is 0 Å². The second-order valence-corrected chi connectivity index (χ2v) is 6.55. The molecule has 0 saturated carbocycles. The molecule has 5 heteroatoms. The Labute approximate surface area is 148 Å². The van der Waals surface area contributed by atoms with Crippen molar-refractivity contribution >= 4 is 11.6 Å². The van der Waals surface area contributed by atoms with Gasteiger partial charge in [0.25, 0.3) is 11.6 Å². The summed E-state index contributed by atoms with van der Waals surface area (Å²) >= 11 is 0. The molecule has 1 amide bonds. The van der Waals surface area contributed by atoms with Gasteiger partial charge in [-0.1, -0.05) is 45.0 Å². The summed E-state index contributed by atoms with van der Waals surface area (Å²) in [5.41, 5.74) is 3.24. The molecular formula is C20H24N2O3. The van der Waals surface area contributed by atoms with Crippen molar-refractivity contribution in [1.82, 2.24) is 5.32 Å². The summed E-state index contributed by atoms with van der Waals surface area (Å²) in [6.07, 6.45) is 0.973. The van der Waals surface area contributed by atoms with Gasteiger partial charge in [-0.05, 0) is 42.5 Å². The maximum absolute atomic E-state index is 12.6. The standard InChI is InChI=1S/C20H24N2O3/c1-5-15-6-8-16(9-7-15)19(13(2)3)21-20(23)17-10-11-18(22(24)25)14(4)12-17/h6-13,19H,5H2,1-4H3,(H,21,23)/t19-/m1/s1. The lowest BCUT2D eigenvalue weighted by Gasteiger charge is -2.23. The zero-order chi connectivity index (χ0) is 18.6. The Morgan fingerprint density at radius 3 is 2.28 bits per heavy atom. The SMILES string of the molecule is CCc1ccc([C@H](NC(=O)c2ccc([N+](=O)[O-])c(C)c2)C(C)C)cc1. The maximum atomic E-state index is 12.6. The highest BCUT2D eigenvalue weighted by molar-refractivity contribution is 5.95. The smallest absolute Gasteiger partial charge is 0.272 e. The van der Waals surface area contributed by atoms with Crippen LogP contribution in [-0.2, 0) is 6.42 Å². The summed E-state index contributed by atoms with van der Waals surface area (Å²) < 4.78 is 0. The van der Waals surface area contributed by atoms with Crippen LogP contribution < -0.4 is 5.32 Å². The first kappa shape index (κ1) is 18.6. The molecule has 2 rings (SSSR count). The van der Waals surface area contributed by atoms with E-state index in [9.17, 15) is 14.9 Å². The number of nitro groups is 1. The first-order chi connectivity index (χ1) is 11.8. The molecule has 0 bridgehead atoms. The molecule has 0 aromatic heterocycles. The van der Waals surface area contributed by atoms with Gasteiger partial charge in [-0.25, -0.2) is 0 Å². The molecule has 0 aliphatic heterocycles. The predicted molar refractivity (Wildman–Crippen MR) is 98.7 cm³/mol. The van der Waals surface area contributed by atoms with Crippen molar-refractivity contribution in [3.8, 4) is 0 Å². The summed E-state index contributed by atoms with van der Waals surface area (Å²) in [5, 5.41) is 14.0. The van der Waals surface area contributed by atoms with E-state index in [1.54, 1.807) is 13.0 Å². The molecule has 0 radical (unpaired) electrons. The Morgan fingerprint density at radius 2 is 1.80 bits per heavy atom. The molecule has 0 saturated heterocycles. The topological polar surface area (TPSA) is 72.2 Å². The third kappa shape index (κ3) is 4.44. The molecule has 0 spiro atoms. The largest absolute Gasteiger partial charge is 0.345 e. The van der Waals surface area contributed by atoms with Gasteiger partial charge in [0.05, 0.1) is 11.0 Å². The monoisotopic (exact) mass is 340 g/mol. The van der Waals surface area contributed by atoms with E-state index in [0.717, 1.165) is 12.0 Å². The second kappa shape index (κ2) is 7.92. The average Bonchev–Trinajstić information content (AvgIpc) is 2.58. The fourth-order valence-corrected chi connectivity index (χ4v) is 2.82. The van der Waals surface area contributed by atoms with Gasteiger partial charge < -0.3 is 5.32 Å². The molecule has 0 aliphatic rings. The highest BCUT2D eigenvalue weighted by Gasteiger charge is 2.20. The zero-order valence-corrected chi connectivity index (χ0v) is 15.1. The molecule has 0 aliphatic carbocycles. The van der Waals surface area contributed by atoms with Crippen LogP contribution in [0.1, 0.15) is 53.9 Å². The van der Waals surface area contributed by atoms with Crippen molar-refractivity contribution in [2.24, 2.45) is 5.92 Å².